The van der Waals surface area contributed by atoms with Crippen molar-refractivity contribution in [2.45, 2.75) is 70.8 Å². The van der Waals surface area contributed by atoms with Gasteiger partial charge in [0.15, 0.2) is 0 Å². The molecule has 1 unspecified atom stereocenters. The number of nitrogens with two attached hydrogens (primary N) is 2. The molecule has 24 heavy (non-hydrogen) atoms. The fourth-order valence-electron chi connectivity index (χ4n) is 2.46. The number of carboxylic acid groups (broad SMARTS) is 1. The van der Waals surface area contributed by atoms with Crippen molar-refractivity contribution in [3.05, 3.63) is 12.4 Å². The summed E-state index contributed by atoms with van der Waals surface area (Å²) in [5.41, 5.74) is 10.4. The fraction of sp³-hybridized carbons (Fsp3) is 0.833. The van der Waals surface area contributed by atoms with Gasteiger partial charge in [0, 0.05) is 26.0 Å². The van der Waals surface area contributed by atoms with E-state index in [0.717, 1.165) is 19.5 Å². The average Bonchev–Trinajstić information content (AvgIpc) is 2.97. The van der Waals surface area contributed by atoms with Gasteiger partial charge in [0.1, 0.15) is 6.04 Å². The first-order valence-electron chi connectivity index (χ1n) is 9.32. The Bertz CT molecular complexity index is 337. The minimum absolute atomic E-state index is 0.520. The third-order valence-corrected chi connectivity index (χ3v) is 4.02. The van der Waals surface area contributed by atoms with E-state index in [1.54, 1.807) is 0 Å². The van der Waals surface area contributed by atoms with E-state index in [4.69, 9.17) is 16.6 Å². The molecule has 0 bridgehead atoms. The topological polar surface area (TPSA) is 95.8 Å². The van der Waals surface area contributed by atoms with Gasteiger partial charge >= 0.3 is 5.97 Å². The first-order chi connectivity index (χ1) is 11.5. The Balaban J connectivity index is 0.000000470. The molecule has 0 aromatic carbocycles. The maximum Gasteiger partial charge on any atom is 0.320 e. The summed E-state index contributed by atoms with van der Waals surface area (Å²) in [7, 11) is 2.12. The number of rotatable bonds is 12. The smallest absolute Gasteiger partial charge is 0.320 e. The monoisotopic (exact) mass is 342 g/mol. The van der Waals surface area contributed by atoms with E-state index in [2.05, 4.69) is 36.2 Å². The predicted octanol–water partition coefficient (Wildman–Crippen LogP) is 2.55. The van der Waals surface area contributed by atoms with Crippen molar-refractivity contribution in [3.63, 3.8) is 0 Å². The van der Waals surface area contributed by atoms with Crippen LogP contribution in [-0.2, 0) is 4.79 Å². The van der Waals surface area contributed by atoms with Crippen LogP contribution in [0.1, 0.15) is 64.7 Å². The normalized spacial score (nSPS) is 14.5. The van der Waals surface area contributed by atoms with E-state index >= 15 is 0 Å². The molecule has 0 spiro atoms. The lowest BCUT2D eigenvalue weighted by Gasteiger charge is -2.17. The zero-order chi connectivity index (χ0) is 18.2. The summed E-state index contributed by atoms with van der Waals surface area (Å²) in [5, 5.41) is 8.33. The van der Waals surface area contributed by atoms with Crippen LogP contribution in [0.4, 0.5) is 0 Å². The Morgan fingerprint density at radius 3 is 2.33 bits per heavy atom. The summed E-state index contributed by atoms with van der Waals surface area (Å²) >= 11 is 0. The maximum atomic E-state index is 10.1. The summed E-state index contributed by atoms with van der Waals surface area (Å²) in [4.78, 5) is 14.7. The van der Waals surface area contributed by atoms with Crippen molar-refractivity contribution in [2.24, 2.45) is 11.5 Å². The van der Waals surface area contributed by atoms with Crippen molar-refractivity contribution in [1.82, 2.24) is 9.80 Å². The number of hydrogen-bond acceptors (Lipinski definition) is 5. The molecule has 6 heteroatoms. The molecule has 0 aromatic heterocycles. The van der Waals surface area contributed by atoms with Gasteiger partial charge in [0.05, 0.1) is 6.67 Å². The minimum Gasteiger partial charge on any atom is -0.480 e. The molecule has 1 aliphatic rings. The lowest BCUT2D eigenvalue weighted by molar-refractivity contribution is -0.138. The molecule has 1 rings (SSSR count). The van der Waals surface area contributed by atoms with Gasteiger partial charge in [0.2, 0.25) is 0 Å². The first kappa shape index (κ1) is 22.7. The maximum absolute atomic E-state index is 10.1. The van der Waals surface area contributed by atoms with Crippen LogP contribution in [-0.4, -0.2) is 53.7 Å². The Morgan fingerprint density at radius 2 is 1.79 bits per heavy atom. The van der Waals surface area contributed by atoms with Crippen LogP contribution in [0, 0.1) is 0 Å². The van der Waals surface area contributed by atoms with Crippen LogP contribution in [0.2, 0.25) is 0 Å². The molecule has 0 aliphatic carbocycles. The molecular weight excluding hydrogens is 304 g/mol. The lowest BCUT2D eigenvalue weighted by Crippen LogP contribution is -2.29. The highest BCUT2D eigenvalue weighted by Gasteiger charge is 2.09. The van der Waals surface area contributed by atoms with Crippen LogP contribution in [0.5, 0.6) is 0 Å². The van der Waals surface area contributed by atoms with Crippen molar-refractivity contribution < 1.29 is 9.90 Å². The standard InChI is InChI=1S/C12H24N2.C6H14N2O2/c1-3-4-5-6-7-8-9-14-11-10-13(2)12-14;7-4-2-1-3-5(8)6(9)10/h10-11H,3-9,12H2,1-2H3;5H,1-4,7-8H2,(H,9,10). The summed E-state index contributed by atoms with van der Waals surface area (Å²) in [6.45, 7) is 5.18. The predicted molar refractivity (Wildman–Crippen MR) is 100 cm³/mol. The highest BCUT2D eigenvalue weighted by atomic mass is 16.4. The molecule has 5 N–H and O–H groups in total. The number of carbonyl (C=O) groups is 1. The second-order valence-electron chi connectivity index (χ2n) is 6.51. The average molecular weight is 343 g/mol. The van der Waals surface area contributed by atoms with E-state index in [-0.39, 0.29) is 0 Å². The number of unbranched alkanes of at least 4 members (excludes halogenated alkanes) is 6. The molecule has 6 nitrogen and oxygen atoms in total. The Hall–Kier alpha value is -1.27. The van der Waals surface area contributed by atoms with Gasteiger partial charge in [-0.05, 0) is 25.8 Å². The zero-order valence-electron chi connectivity index (χ0n) is 15.6. The van der Waals surface area contributed by atoms with Crippen molar-refractivity contribution in [3.8, 4) is 0 Å². The summed E-state index contributed by atoms with van der Waals surface area (Å²) in [5.74, 6) is -0.933. The van der Waals surface area contributed by atoms with Crippen LogP contribution in [0.25, 0.3) is 0 Å². The zero-order valence-corrected chi connectivity index (χ0v) is 15.6. The molecule has 1 aliphatic heterocycles. The Kier molecular flexibility index (Phi) is 14.5. The van der Waals surface area contributed by atoms with Crippen molar-refractivity contribution >= 4 is 5.97 Å². The fourth-order valence-corrected chi connectivity index (χ4v) is 2.46. The van der Waals surface area contributed by atoms with E-state index < -0.39 is 12.0 Å². The second-order valence-corrected chi connectivity index (χ2v) is 6.51. The van der Waals surface area contributed by atoms with Crippen molar-refractivity contribution in [1.29, 1.82) is 0 Å². The quantitative estimate of drug-likeness (QED) is 0.472. The van der Waals surface area contributed by atoms with Gasteiger partial charge in [0.25, 0.3) is 0 Å². The van der Waals surface area contributed by atoms with Gasteiger partial charge in [-0.3, -0.25) is 4.79 Å². The summed E-state index contributed by atoms with van der Waals surface area (Å²) < 4.78 is 0. The van der Waals surface area contributed by atoms with Gasteiger partial charge in [-0.15, -0.1) is 0 Å². The van der Waals surface area contributed by atoms with Gasteiger partial charge in [-0.1, -0.05) is 45.4 Å². The minimum atomic E-state index is -0.933. The molecule has 0 fully saturated rings. The van der Waals surface area contributed by atoms with Crippen LogP contribution in [0.3, 0.4) is 0 Å². The summed E-state index contributed by atoms with van der Waals surface area (Å²) in [6.07, 6.45) is 14.9. The van der Waals surface area contributed by atoms with Crippen LogP contribution >= 0.6 is 0 Å². The number of hydrogen-bond donors (Lipinski definition) is 3. The van der Waals surface area contributed by atoms with E-state index in [0.29, 0.717) is 13.0 Å². The molecule has 142 valence electrons. The highest BCUT2D eigenvalue weighted by Crippen LogP contribution is 2.08. The molecule has 1 heterocycles. The van der Waals surface area contributed by atoms with Gasteiger partial charge in [-0.25, -0.2) is 0 Å². The Morgan fingerprint density at radius 1 is 1.12 bits per heavy atom. The molecule has 0 saturated carbocycles. The van der Waals surface area contributed by atoms with Gasteiger partial charge < -0.3 is 26.4 Å². The number of nitrogens with zero attached hydrogens (tertiary/aromatic N) is 2. The SMILES string of the molecule is CCCCCCCCN1C=CN(C)C1.NCCCCC(N)C(=O)O. The molecule has 0 saturated heterocycles. The van der Waals surface area contributed by atoms with E-state index in [1.807, 2.05) is 0 Å². The van der Waals surface area contributed by atoms with Crippen LogP contribution in [0.15, 0.2) is 12.4 Å². The number of carboxylic acids is 1. The lowest BCUT2D eigenvalue weighted by atomic mass is 10.1. The Labute approximate surface area is 147 Å². The third-order valence-electron chi connectivity index (χ3n) is 4.02. The van der Waals surface area contributed by atoms with Crippen LogP contribution < -0.4 is 11.5 Å². The third kappa shape index (κ3) is 13.2. The van der Waals surface area contributed by atoms with Crippen molar-refractivity contribution in [2.75, 3.05) is 26.8 Å². The first-order valence-corrected chi connectivity index (χ1v) is 9.32. The molecule has 0 aromatic rings. The van der Waals surface area contributed by atoms with Gasteiger partial charge in [-0.2, -0.15) is 0 Å². The summed E-state index contributed by atoms with van der Waals surface area (Å²) in [6, 6.07) is -0.716. The molecule has 0 radical (unpaired) electrons. The van der Waals surface area contributed by atoms with E-state index in [9.17, 15) is 4.79 Å². The largest absolute Gasteiger partial charge is 0.480 e. The second kappa shape index (κ2) is 15.3. The molecular formula is C18H38N4O2. The number of aliphatic carboxylic acids is 1. The highest BCUT2D eigenvalue weighted by molar-refractivity contribution is 5.72. The molecule has 1 atom stereocenters. The van der Waals surface area contributed by atoms with E-state index in [1.165, 1.54) is 45.1 Å². The molecule has 0 amide bonds.